The molecule has 3 aliphatic heterocycles. The second kappa shape index (κ2) is 5.29. The van der Waals surface area contributed by atoms with Crippen LogP contribution in [0.1, 0.15) is 18.4 Å². The van der Waals surface area contributed by atoms with Crippen molar-refractivity contribution in [3.05, 3.63) is 29.8 Å². The first kappa shape index (κ1) is 12.0. The van der Waals surface area contributed by atoms with E-state index >= 15 is 0 Å². The molecule has 98 valence electrons. The summed E-state index contributed by atoms with van der Waals surface area (Å²) in [5.74, 6) is 1.92. The Hall–Kier alpha value is -1.06. The Morgan fingerprint density at radius 2 is 1.94 bits per heavy atom. The molecule has 3 nitrogen and oxygen atoms in total. The average molecular weight is 248 g/mol. The van der Waals surface area contributed by atoms with Gasteiger partial charge in [0.2, 0.25) is 0 Å². The molecule has 3 heteroatoms. The maximum Gasteiger partial charge on any atom is 0.139 e. The Bertz CT molecular complexity index is 382. The maximum atomic E-state index is 5.19. The number of methoxy groups -OCH3 is 1. The fourth-order valence-corrected chi connectivity index (χ4v) is 3.51. The summed E-state index contributed by atoms with van der Waals surface area (Å²) < 4.78 is 5.19. The van der Waals surface area contributed by atoms with E-state index in [1.165, 1.54) is 38.0 Å². The topological polar surface area (TPSA) is 30.3 Å². The van der Waals surface area contributed by atoms with Crippen molar-refractivity contribution in [3.8, 4) is 5.75 Å². The van der Waals surface area contributed by atoms with Crippen LogP contribution in [0.25, 0.3) is 0 Å². The van der Waals surface area contributed by atoms with E-state index in [2.05, 4.69) is 29.6 Å². The van der Waals surface area contributed by atoms with Crippen molar-refractivity contribution < 1.29 is 15.0 Å². The lowest BCUT2D eigenvalue weighted by molar-refractivity contribution is -0.943. The standard InChI is InChI=1S/C15H22N2O/c1-18-14-4-2-12(3-5-14)10-16-15-11-17-8-6-13(15)7-9-17/h2-5,13,15-16H,6-11H2,1H3/p+2/t15-/m0/s1. The second-order valence-electron chi connectivity index (χ2n) is 5.74. The van der Waals surface area contributed by atoms with Gasteiger partial charge in [-0.25, -0.2) is 0 Å². The molecule has 1 aromatic carbocycles. The van der Waals surface area contributed by atoms with Crippen LogP contribution >= 0.6 is 0 Å². The molecule has 3 saturated heterocycles. The van der Waals surface area contributed by atoms with E-state index in [0.29, 0.717) is 0 Å². The van der Waals surface area contributed by atoms with E-state index < -0.39 is 0 Å². The molecule has 0 radical (unpaired) electrons. The largest absolute Gasteiger partial charge is 0.497 e. The predicted molar refractivity (Wildman–Crippen MR) is 70.7 cm³/mol. The average Bonchev–Trinajstić information content (AvgIpc) is 2.47. The van der Waals surface area contributed by atoms with E-state index in [0.717, 1.165) is 24.3 Å². The molecule has 2 bridgehead atoms. The summed E-state index contributed by atoms with van der Waals surface area (Å²) in [5.41, 5.74) is 1.40. The number of rotatable bonds is 4. The summed E-state index contributed by atoms with van der Waals surface area (Å²) in [5, 5.41) is 2.56. The number of hydrogen-bond donors (Lipinski definition) is 2. The zero-order valence-corrected chi connectivity index (χ0v) is 11.2. The summed E-state index contributed by atoms with van der Waals surface area (Å²) in [6.45, 7) is 5.31. The minimum absolute atomic E-state index is 0.851. The first-order valence-corrected chi connectivity index (χ1v) is 7.15. The number of piperidine rings is 3. The minimum atomic E-state index is 0.851. The molecule has 0 spiro atoms. The maximum absolute atomic E-state index is 5.19. The Labute approximate surface area is 109 Å². The van der Waals surface area contributed by atoms with Gasteiger partial charge in [0.15, 0.2) is 0 Å². The second-order valence-corrected chi connectivity index (χ2v) is 5.74. The van der Waals surface area contributed by atoms with Crippen molar-refractivity contribution >= 4 is 0 Å². The van der Waals surface area contributed by atoms with Crippen LogP contribution in [0.3, 0.4) is 0 Å². The Morgan fingerprint density at radius 1 is 1.22 bits per heavy atom. The van der Waals surface area contributed by atoms with Crippen molar-refractivity contribution in [1.29, 1.82) is 0 Å². The van der Waals surface area contributed by atoms with Crippen molar-refractivity contribution in [2.24, 2.45) is 5.92 Å². The van der Waals surface area contributed by atoms with Gasteiger partial charge in [0.1, 0.15) is 24.9 Å². The van der Waals surface area contributed by atoms with Crippen molar-refractivity contribution in [3.63, 3.8) is 0 Å². The highest BCUT2D eigenvalue weighted by Gasteiger charge is 2.39. The lowest BCUT2D eigenvalue weighted by Crippen LogP contribution is -3.20. The molecule has 18 heavy (non-hydrogen) atoms. The zero-order chi connectivity index (χ0) is 12.4. The molecular weight excluding hydrogens is 224 g/mol. The van der Waals surface area contributed by atoms with E-state index in [4.69, 9.17) is 4.74 Å². The fraction of sp³-hybridized carbons (Fsp3) is 0.600. The quantitative estimate of drug-likeness (QED) is 0.735. The highest BCUT2D eigenvalue weighted by Crippen LogP contribution is 2.16. The summed E-state index contributed by atoms with van der Waals surface area (Å²) in [6.07, 6.45) is 2.89. The number of hydrogen-bond acceptors (Lipinski definition) is 1. The Kier molecular flexibility index (Phi) is 3.52. The third-order valence-electron chi connectivity index (χ3n) is 4.68. The monoisotopic (exact) mass is 248 g/mol. The molecule has 4 rings (SSSR count). The number of ether oxygens (including phenoxy) is 1. The van der Waals surface area contributed by atoms with E-state index in [-0.39, 0.29) is 0 Å². The molecular formula is C15H24N2O+2. The third-order valence-corrected chi connectivity index (χ3v) is 4.68. The van der Waals surface area contributed by atoms with Gasteiger partial charge in [0.25, 0.3) is 0 Å². The molecule has 1 aromatic rings. The molecule has 3 aliphatic rings. The van der Waals surface area contributed by atoms with Crippen LogP contribution in [0.5, 0.6) is 5.75 Å². The van der Waals surface area contributed by atoms with Gasteiger partial charge in [-0.2, -0.15) is 0 Å². The molecule has 3 heterocycles. The summed E-state index contributed by atoms with van der Waals surface area (Å²) >= 11 is 0. The molecule has 0 aliphatic carbocycles. The van der Waals surface area contributed by atoms with Gasteiger partial charge in [-0.3, -0.25) is 0 Å². The molecule has 0 saturated carbocycles. The van der Waals surface area contributed by atoms with Gasteiger partial charge in [0.05, 0.1) is 20.2 Å². The summed E-state index contributed by atoms with van der Waals surface area (Å²) in [4.78, 5) is 1.83. The highest BCUT2D eigenvalue weighted by atomic mass is 16.5. The van der Waals surface area contributed by atoms with E-state index in [1.54, 1.807) is 7.11 Å². The summed E-state index contributed by atoms with van der Waals surface area (Å²) in [6, 6.07) is 9.34. The summed E-state index contributed by atoms with van der Waals surface area (Å²) in [7, 11) is 1.72. The number of benzene rings is 1. The number of nitrogens with two attached hydrogens (primary N) is 1. The lowest BCUT2D eigenvalue weighted by atomic mass is 9.84. The Balaban J connectivity index is 1.54. The molecule has 0 amide bonds. The Morgan fingerprint density at radius 3 is 2.50 bits per heavy atom. The lowest BCUT2D eigenvalue weighted by Gasteiger charge is -2.40. The molecule has 1 atom stereocenters. The SMILES string of the molecule is COc1ccc(C[NH2+][C@H]2C[NH+]3CCC2CC3)cc1. The van der Waals surface area contributed by atoms with Crippen LogP contribution in [0.15, 0.2) is 24.3 Å². The number of nitrogens with one attached hydrogen (secondary N) is 1. The minimum Gasteiger partial charge on any atom is -0.497 e. The van der Waals surface area contributed by atoms with Crippen molar-refractivity contribution in [2.75, 3.05) is 26.7 Å². The van der Waals surface area contributed by atoms with Gasteiger partial charge < -0.3 is 15.0 Å². The van der Waals surface area contributed by atoms with Crippen LogP contribution in [0, 0.1) is 5.92 Å². The molecule has 0 aromatic heterocycles. The van der Waals surface area contributed by atoms with Gasteiger partial charge in [-0.05, 0) is 24.3 Å². The zero-order valence-electron chi connectivity index (χ0n) is 11.2. The number of fused-ring (bicyclic) bond motifs is 3. The fourth-order valence-electron chi connectivity index (χ4n) is 3.51. The van der Waals surface area contributed by atoms with Crippen LogP contribution in [-0.4, -0.2) is 32.8 Å². The first-order chi connectivity index (χ1) is 8.85. The van der Waals surface area contributed by atoms with Crippen LogP contribution in [0.4, 0.5) is 0 Å². The van der Waals surface area contributed by atoms with Crippen LogP contribution in [0.2, 0.25) is 0 Å². The van der Waals surface area contributed by atoms with E-state index in [1.807, 2.05) is 4.90 Å². The molecule has 3 N–H and O–H groups in total. The van der Waals surface area contributed by atoms with Gasteiger partial charge >= 0.3 is 0 Å². The normalized spacial score (nSPS) is 30.4. The molecule has 0 unspecified atom stereocenters. The van der Waals surface area contributed by atoms with Crippen LogP contribution < -0.4 is 15.0 Å². The smallest absolute Gasteiger partial charge is 0.139 e. The third kappa shape index (κ3) is 2.52. The van der Waals surface area contributed by atoms with Gasteiger partial charge in [0, 0.05) is 24.3 Å². The van der Waals surface area contributed by atoms with Gasteiger partial charge in [-0.15, -0.1) is 0 Å². The van der Waals surface area contributed by atoms with Crippen molar-refractivity contribution in [1.82, 2.24) is 0 Å². The first-order valence-electron chi connectivity index (χ1n) is 7.15. The highest BCUT2D eigenvalue weighted by molar-refractivity contribution is 5.26. The van der Waals surface area contributed by atoms with Gasteiger partial charge in [-0.1, -0.05) is 0 Å². The van der Waals surface area contributed by atoms with Crippen LogP contribution in [-0.2, 0) is 6.54 Å². The van der Waals surface area contributed by atoms with E-state index in [9.17, 15) is 0 Å². The predicted octanol–water partition coefficient (Wildman–Crippen LogP) is -0.564. The number of quaternary nitrogens is 2. The molecule has 3 fully saturated rings. The van der Waals surface area contributed by atoms with Crippen molar-refractivity contribution in [2.45, 2.75) is 25.4 Å².